The van der Waals surface area contributed by atoms with Gasteiger partial charge in [-0.2, -0.15) is 0 Å². The summed E-state index contributed by atoms with van der Waals surface area (Å²) in [5.74, 6) is 1.68. The van der Waals surface area contributed by atoms with Gasteiger partial charge in [0.05, 0.1) is 6.61 Å². The van der Waals surface area contributed by atoms with Gasteiger partial charge in [-0.1, -0.05) is 12.1 Å². The normalized spacial score (nSPS) is 20.4. The van der Waals surface area contributed by atoms with Crippen molar-refractivity contribution in [2.24, 2.45) is 0 Å². The van der Waals surface area contributed by atoms with Gasteiger partial charge in [0, 0.05) is 25.7 Å². The number of nitrogens with zero attached hydrogens (tertiary/aromatic N) is 1. The minimum absolute atomic E-state index is 0.621. The minimum atomic E-state index is 0.621. The average molecular weight is 278 g/mol. The molecule has 0 bridgehead atoms. The number of para-hydroxylation sites is 2. The third-order valence-electron chi connectivity index (χ3n) is 3.72. The molecule has 1 heterocycles. The number of benzene rings is 1. The smallest absolute Gasteiger partial charge is 0.161 e. The summed E-state index contributed by atoms with van der Waals surface area (Å²) in [6.45, 7) is 9.89. The largest absolute Gasteiger partial charge is 0.490 e. The summed E-state index contributed by atoms with van der Waals surface area (Å²) in [6.07, 6.45) is 1.20. The molecule has 1 aromatic carbocycles. The highest BCUT2D eigenvalue weighted by molar-refractivity contribution is 5.39. The van der Waals surface area contributed by atoms with Crippen LogP contribution in [0.3, 0.4) is 0 Å². The number of hydrogen-bond donors (Lipinski definition) is 1. The molecule has 1 aromatic rings. The first-order valence-electron chi connectivity index (χ1n) is 7.60. The maximum absolute atomic E-state index is 5.89. The second-order valence-corrected chi connectivity index (χ2v) is 5.15. The molecule has 1 aliphatic rings. The highest BCUT2D eigenvalue weighted by Crippen LogP contribution is 2.26. The van der Waals surface area contributed by atoms with E-state index in [2.05, 4.69) is 17.1 Å². The molecule has 0 spiro atoms. The highest BCUT2D eigenvalue weighted by Gasteiger charge is 2.16. The van der Waals surface area contributed by atoms with Gasteiger partial charge in [0.1, 0.15) is 6.61 Å². The van der Waals surface area contributed by atoms with E-state index in [0.717, 1.165) is 37.7 Å². The van der Waals surface area contributed by atoms with Crippen molar-refractivity contribution in [2.45, 2.75) is 26.3 Å². The maximum Gasteiger partial charge on any atom is 0.161 e. The lowest BCUT2D eigenvalue weighted by atomic mass is 10.2. The van der Waals surface area contributed by atoms with Crippen LogP contribution in [-0.4, -0.2) is 50.3 Å². The molecule has 1 saturated heterocycles. The Hall–Kier alpha value is -1.26. The topological polar surface area (TPSA) is 33.7 Å². The van der Waals surface area contributed by atoms with Crippen molar-refractivity contribution in [1.82, 2.24) is 10.2 Å². The Kier molecular flexibility index (Phi) is 6.15. The van der Waals surface area contributed by atoms with Crippen LogP contribution in [0.4, 0.5) is 0 Å². The molecule has 112 valence electrons. The summed E-state index contributed by atoms with van der Waals surface area (Å²) in [6, 6.07) is 8.50. The lowest BCUT2D eigenvalue weighted by molar-refractivity contribution is 0.171. The fourth-order valence-electron chi connectivity index (χ4n) is 2.51. The molecule has 0 amide bonds. The molecule has 1 aliphatic heterocycles. The van der Waals surface area contributed by atoms with Gasteiger partial charge in [0.2, 0.25) is 0 Å². The summed E-state index contributed by atoms with van der Waals surface area (Å²) in [5, 5.41) is 3.44. The molecule has 4 heteroatoms. The van der Waals surface area contributed by atoms with Crippen LogP contribution in [0.2, 0.25) is 0 Å². The van der Waals surface area contributed by atoms with Crippen LogP contribution >= 0.6 is 0 Å². The Balaban J connectivity index is 1.83. The molecule has 0 radical (unpaired) electrons. The van der Waals surface area contributed by atoms with Crippen molar-refractivity contribution in [3.05, 3.63) is 24.3 Å². The number of ether oxygens (including phenoxy) is 2. The molecule has 0 aromatic heterocycles. The zero-order valence-corrected chi connectivity index (χ0v) is 12.6. The standard InChI is InChI=1S/C16H26N2O2/c1-3-19-15-6-4-5-7-16(15)20-13-12-18-11-10-17-9-8-14(18)2/h4-7,14,17H,3,8-13H2,1-2H3. The predicted molar refractivity (Wildman–Crippen MR) is 81.6 cm³/mol. The number of rotatable bonds is 6. The third kappa shape index (κ3) is 4.39. The minimum Gasteiger partial charge on any atom is -0.490 e. The van der Waals surface area contributed by atoms with Gasteiger partial charge >= 0.3 is 0 Å². The van der Waals surface area contributed by atoms with Crippen LogP contribution in [0.25, 0.3) is 0 Å². The fraction of sp³-hybridized carbons (Fsp3) is 0.625. The highest BCUT2D eigenvalue weighted by atomic mass is 16.5. The molecular formula is C16H26N2O2. The zero-order chi connectivity index (χ0) is 14.2. The molecule has 1 unspecified atom stereocenters. The van der Waals surface area contributed by atoms with E-state index >= 15 is 0 Å². The van der Waals surface area contributed by atoms with Crippen molar-refractivity contribution >= 4 is 0 Å². The Morgan fingerprint density at radius 2 is 1.95 bits per heavy atom. The molecule has 20 heavy (non-hydrogen) atoms. The van der Waals surface area contributed by atoms with Crippen LogP contribution in [0, 0.1) is 0 Å². The predicted octanol–water partition coefficient (Wildman–Crippen LogP) is 2.15. The fourth-order valence-corrected chi connectivity index (χ4v) is 2.51. The van der Waals surface area contributed by atoms with Gasteiger partial charge in [-0.25, -0.2) is 0 Å². The van der Waals surface area contributed by atoms with Gasteiger partial charge in [-0.15, -0.1) is 0 Å². The molecule has 1 atom stereocenters. The van der Waals surface area contributed by atoms with E-state index in [0.29, 0.717) is 19.3 Å². The van der Waals surface area contributed by atoms with Crippen LogP contribution < -0.4 is 14.8 Å². The monoisotopic (exact) mass is 278 g/mol. The summed E-state index contributed by atoms with van der Waals surface area (Å²) in [5.41, 5.74) is 0. The summed E-state index contributed by atoms with van der Waals surface area (Å²) >= 11 is 0. The Labute approximate surface area is 122 Å². The summed E-state index contributed by atoms with van der Waals surface area (Å²) < 4.78 is 11.5. The van der Waals surface area contributed by atoms with E-state index in [4.69, 9.17) is 9.47 Å². The Morgan fingerprint density at radius 3 is 2.70 bits per heavy atom. The first-order chi connectivity index (χ1) is 9.81. The molecule has 0 saturated carbocycles. The molecule has 0 aliphatic carbocycles. The van der Waals surface area contributed by atoms with Crippen molar-refractivity contribution in [3.63, 3.8) is 0 Å². The van der Waals surface area contributed by atoms with Crippen LogP contribution in [0.15, 0.2) is 24.3 Å². The molecular weight excluding hydrogens is 252 g/mol. The van der Waals surface area contributed by atoms with E-state index in [1.165, 1.54) is 6.42 Å². The van der Waals surface area contributed by atoms with Crippen LogP contribution in [-0.2, 0) is 0 Å². The summed E-state index contributed by atoms with van der Waals surface area (Å²) in [7, 11) is 0. The van der Waals surface area contributed by atoms with E-state index in [9.17, 15) is 0 Å². The van der Waals surface area contributed by atoms with Crippen LogP contribution in [0.1, 0.15) is 20.3 Å². The van der Waals surface area contributed by atoms with Gasteiger partial charge in [-0.3, -0.25) is 4.90 Å². The molecule has 1 N–H and O–H groups in total. The Morgan fingerprint density at radius 1 is 1.20 bits per heavy atom. The second-order valence-electron chi connectivity index (χ2n) is 5.15. The lowest BCUT2D eigenvalue weighted by Crippen LogP contribution is -2.37. The van der Waals surface area contributed by atoms with Crippen molar-refractivity contribution in [3.8, 4) is 11.5 Å². The van der Waals surface area contributed by atoms with E-state index in [1.807, 2.05) is 31.2 Å². The quantitative estimate of drug-likeness (QED) is 0.864. The van der Waals surface area contributed by atoms with Crippen molar-refractivity contribution in [2.75, 3.05) is 39.4 Å². The molecule has 4 nitrogen and oxygen atoms in total. The molecule has 2 rings (SSSR count). The van der Waals surface area contributed by atoms with Gasteiger partial charge in [0.25, 0.3) is 0 Å². The lowest BCUT2D eigenvalue weighted by Gasteiger charge is -2.26. The number of hydrogen-bond acceptors (Lipinski definition) is 4. The van der Waals surface area contributed by atoms with Crippen LogP contribution in [0.5, 0.6) is 11.5 Å². The first kappa shape index (κ1) is 15.1. The average Bonchev–Trinajstić information content (AvgIpc) is 2.66. The molecule has 1 fully saturated rings. The van der Waals surface area contributed by atoms with Gasteiger partial charge in [0.15, 0.2) is 11.5 Å². The van der Waals surface area contributed by atoms with Gasteiger partial charge < -0.3 is 14.8 Å². The first-order valence-corrected chi connectivity index (χ1v) is 7.60. The van der Waals surface area contributed by atoms with E-state index in [1.54, 1.807) is 0 Å². The number of nitrogens with one attached hydrogen (secondary N) is 1. The second kappa shape index (κ2) is 8.12. The summed E-state index contributed by atoms with van der Waals surface area (Å²) in [4.78, 5) is 2.49. The SMILES string of the molecule is CCOc1ccccc1OCCN1CCNCCC1C. The zero-order valence-electron chi connectivity index (χ0n) is 12.6. The van der Waals surface area contributed by atoms with Crippen molar-refractivity contribution in [1.29, 1.82) is 0 Å². The van der Waals surface area contributed by atoms with Crippen molar-refractivity contribution < 1.29 is 9.47 Å². The van der Waals surface area contributed by atoms with E-state index < -0.39 is 0 Å². The third-order valence-corrected chi connectivity index (χ3v) is 3.72. The van der Waals surface area contributed by atoms with Gasteiger partial charge in [-0.05, 0) is 38.9 Å². The maximum atomic E-state index is 5.89. The van der Waals surface area contributed by atoms with E-state index in [-0.39, 0.29) is 0 Å². The Bertz CT molecular complexity index is 398.